The van der Waals surface area contributed by atoms with Crippen molar-refractivity contribution in [3.8, 4) is 22.9 Å². The highest BCUT2D eigenvalue weighted by molar-refractivity contribution is 5.97. The topological polar surface area (TPSA) is 120 Å². The summed E-state index contributed by atoms with van der Waals surface area (Å²) < 4.78 is 48.9. The van der Waals surface area contributed by atoms with E-state index in [9.17, 15) is 22.8 Å². The zero-order valence-electron chi connectivity index (χ0n) is 19.9. The van der Waals surface area contributed by atoms with E-state index in [1.54, 1.807) is 23.6 Å². The Morgan fingerprint density at radius 2 is 1.89 bits per heavy atom. The summed E-state index contributed by atoms with van der Waals surface area (Å²) in [7, 11) is 1.34. The summed E-state index contributed by atoms with van der Waals surface area (Å²) in [6.07, 6.45) is -3.40. The minimum atomic E-state index is -4.87. The Hall–Kier alpha value is -4.68. The third-order valence-electron chi connectivity index (χ3n) is 5.22. The van der Waals surface area contributed by atoms with Gasteiger partial charge in [-0.2, -0.15) is 5.10 Å². The molecule has 10 nitrogen and oxygen atoms in total. The number of halogens is 3. The number of ether oxygens (including phenoxy) is 2. The molecule has 4 rings (SSSR count). The second-order valence-corrected chi connectivity index (χ2v) is 7.83. The SMILES string of the molecule is COc1ncc(-c2ccc3nc(NC(C)=O)c(C)n3n2)cc1C(=O)NCc1ccccc1OC(F)(F)F. The van der Waals surface area contributed by atoms with Crippen molar-refractivity contribution >= 4 is 23.3 Å². The number of aromatic nitrogens is 4. The Morgan fingerprint density at radius 1 is 1.14 bits per heavy atom. The van der Waals surface area contributed by atoms with Crippen molar-refractivity contribution in [2.24, 2.45) is 0 Å². The maximum absolute atomic E-state index is 13.0. The van der Waals surface area contributed by atoms with Crippen LogP contribution in [0.25, 0.3) is 16.9 Å². The number of hydrogen-bond acceptors (Lipinski definition) is 7. The fraction of sp³-hybridized carbons (Fsp3) is 0.208. The van der Waals surface area contributed by atoms with Crippen LogP contribution in [0.4, 0.5) is 19.0 Å². The maximum Gasteiger partial charge on any atom is 0.573 e. The molecule has 0 radical (unpaired) electrons. The predicted octanol–water partition coefficient (Wildman–Crippen LogP) is 3.90. The third-order valence-corrected chi connectivity index (χ3v) is 5.22. The number of benzene rings is 1. The number of pyridine rings is 1. The van der Waals surface area contributed by atoms with Gasteiger partial charge in [0.25, 0.3) is 5.91 Å². The third kappa shape index (κ3) is 5.77. The van der Waals surface area contributed by atoms with Crippen LogP contribution >= 0.6 is 0 Å². The number of imidazole rings is 1. The van der Waals surface area contributed by atoms with Gasteiger partial charge in [-0.25, -0.2) is 14.5 Å². The van der Waals surface area contributed by atoms with Gasteiger partial charge in [-0.15, -0.1) is 13.2 Å². The number of para-hydroxylation sites is 1. The Labute approximate surface area is 208 Å². The molecule has 0 saturated heterocycles. The maximum atomic E-state index is 13.0. The number of carbonyl (C=O) groups is 2. The van der Waals surface area contributed by atoms with Crippen molar-refractivity contribution in [1.82, 2.24) is 24.9 Å². The van der Waals surface area contributed by atoms with Gasteiger partial charge in [0.05, 0.1) is 18.5 Å². The Kier molecular flexibility index (Phi) is 6.96. The van der Waals surface area contributed by atoms with E-state index in [2.05, 4.69) is 30.4 Å². The lowest BCUT2D eigenvalue weighted by molar-refractivity contribution is -0.274. The minimum Gasteiger partial charge on any atom is -0.480 e. The molecule has 2 N–H and O–H groups in total. The van der Waals surface area contributed by atoms with E-state index in [4.69, 9.17) is 4.74 Å². The van der Waals surface area contributed by atoms with Crippen molar-refractivity contribution in [1.29, 1.82) is 0 Å². The zero-order chi connectivity index (χ0) is 26.7. The van der Waals surface area contributed by atoms with Crippen LogP contribution in [-0.2, 0) is 11.3 Å². The molecule has 13 heteroatoms. The summed E-state index contributed by atoms with van der Waals surface area (Å²) in [4.78, 5) is 32.9. The van der Waals surface area contributed by atoms with E-state index >= 15 is 0 Å². The molecule has 3 aromatic heterocycles. The van der Waals surface area contributed by atoms with Gasteiger partial charge in [-0.3, -0.25) is 9.59 Å². The van der Waals surface area contributed by atoms with Gasteiger partial charge in [-0.05, 0) is 31.2 Å². The van der Waals surface area contributed by atoms with E-state index in [0.29, 0.717) is 28.4 Å². The Morgan fingerprint density at radius 3 is 2.59 bits per heavy atom. The second kappa shape index (κ2) is 10.1. The Balaban J connectivity index is 1.61. The molecule has 0 bridgehead atoms. The number of hydrogen-bond donors (Lipinski definition) is 2. The van der Waals surface area contributed by atoms with Crippen LogP contribution in [0, 0.1) is 6.92 Å². The lowest BCUT2D eigenvalue weighted by atomic mass is 10.1. The van der Waals surface area contributed by atoms with Crippen molar-refractivity contribution in [3.63, 3.8) is 0 Å². The van der Waals surface area contributed by atoms with Crippen LogP contribution in [-0.4, -0.2) is 44.9 Å². The van der Waals surface area contributed by atoms with E-state index in [1.165, 1.54) is 44.5 Å². The molecule has 37 heavy (non-hydrogen) atoms. The number of nitrogens with zero attached hydrogens (tertiary/aromatic N) is 4. The minimum absolute atomic E-state index is 0.0221. The molecule has 0 unspecified atom stereocenters. The molecule has 0 aliphatic heterocycles. The van der Waals surface area contributed by atoms with Crippen LogP contribution in [0.3, 0.4) is 0 Å². The van der Waals surface area contributed by atoms with Crippen molar-refractivity contribution in [2.45, 2.75) is 26.8 Å². The van der Waals surface area contributed by atoms with Gasteiger partial charge in [0, 0.05) is 30.8 Å². The van der Waals surface area contributed by atoms with Gasteiger partial charge in [0.1, 0.15) is 11.3 Å². The van der Waals surface area contributed by atoms with E-state index < -0.39 is 18.0 Å². The molecule has 192 valence electrons. The first-order chi connectivity index (χ1) is 17.6. The summed E-state index contributed by atoms with van der Waals surface area (Å²) in [6, 6.07) is 10.4. The molecule has 3 heterocycles. The lowest BCUT2D eigenvalue weighted by Gasteiger charge is -2.14. The molecule has 0 saturated carbocycles. The number of fused-ring (bicyclic) bond motifs is 1. The summed E-state index contributed by atoms with van der Waals surface area (Å²) in [6.45, 7) is 2.89. The molecule has 4 aromatic rings. The highest BCUT2D eigenvalue weighted by atomic mass is 19.4. The zero-order valence-corrected chi connectivity index (χ0v) is 19.9. The quantitative estimate of drug-likeness (QED) is 0.384. The fourth-order valence-corrected chi connectivity index (χ4v) is 3.55. The van der Waals surface area contributed by atoms with Crippen LogP contribution in [0.1, 0.15) is 28.5 Å². The molecule has 0 atom stereocenters. The molecular weight excluding hydrogens is 493 g/mol. The van der Waals surface area contributed by atoms with Crippen molar-refractivity contribution in [2.75, 3.05) is 12.4 Å². The van der Waals surface area contributed by atoms with Gasteiger partial charge in [-0.1, -0.05) is 18.2 Å². The average molecular weight is 514 g/mol. The highest BCUT2D eigenvalue weighted by Crippen LogP contribution is 2.27. The van der Waals surface area contributed by atoms with Gasteiger partial charge in [0.15, 0.2) is 11.5 Å². The van der Waals surface area contributed by atoms with Crippen molar-refractivity contribution in [3.05, 3.63) is 65.5 Å². The molecule has 0 spiro atoms. The lowest BCUT2D eigenvalue weighted by Crippen LogP contribution is -2.25. The normalized spacial score (nSPS) is 11.3. The van der Waals surface area contributed by atoms with E-state index in [1.807, 2.05) is 0 Å². The standard InChI is InChI=1S/C24H21F3N6O4/c1-13-21(30-14(2)34)31-20-9-8-18(32-33(13)20)16-10-17(23(36-3)29-12-16)22(35)28-11-15-6-4-5-7-19(15)37-24(25,26)27/h4-10,12H,11H2,1-3H3,(H,28,35)(H,30,34). The number of alkyl halides is 3. The first-order valence-corrected chi connectivity index (χ1v) is 10.9. The summed E-state index contributed by atoms with van der Waals surface area (Å²) in [5.41, 5.74) is 2.22. The molecule has 0 fully saturated rings. The molecule has 1 aromatic carbocycles. The largest absolute Gasteiger partial charge is 0.573 e. The number of amides is 2. The Bertz CT molecular complexity index is 1490. The van der Waals surface area contributed by atoms with Crippen LogP contribution in [0.2, 0.25) is 0 Å². The average Bonchev–Trinajstić information content (AvgIpc) is 3.15. The van der Waals surface area contributed by atoms with Gasteiger partial charge >= 0.3 is 6.36 Å². The van der Waals surface area contributed by atoms with Crippen LogP contribution in [0.5, 0.6) is 11.6 Å². The first-order valence-electron chi connectivity index (χ1n) is 10.9. The predicted molar refractivity (Wildman–Crippen MR) is 126 cm³/mol. The van der Waals surface area contributed by atoms with Crippen LogP contribution < -0.4 is 20.1 Å². The number of carbonyl (C=O) groups excluding carboxylic acids is 2. The molecular formula is C24H21F3N6O4. The molecule has 2 amide bonds. The monoisotopic (exact) mass is 514 g/mol. The van der Waals surface area contributed by atoms with Gasteiger partial charge < -0.3 is 20.1 Å². The van der Waals surface area contributed by atoms with Gasteiger partial charge in [0.2, 0.25) is 11.8 Å². The van der Waals surface area contributed by atoms with Crippen molar-refractivity contribution < 1.29 is 32.2 Å². The summed E-state index contributed by atoms with van der Waals surface area (Å²) in [5, 5.41) is 9.75. The second-order valence-electron chi connectivity index (χ2n) is 7.83. The smallest absolute Gasteiger partial charge is 0.480 e. The molecule has 0 aliphatic carbocycles. The molecule has 0 aliphatic rings. The number of methoxy groups -OCH3 is 1. The summed E-state index contributed by atoms with van der Waals surface area (Å²) in [5.74, 6) is -0.912. The number of anilines is 1. The van der Waals surface area contributed by atoms with E-state index in [0.717, 1.165) is 6.07 Å². The number of rotatable bonds is 7. The first kappa shape index (κ1) is 25.4. The van der Waals surface area contributed by atoms with E-state index in [-0.39, 0.29) is 29.5 Å². The van der Waals surface area contributed by atoms with Crippen LogP contribution in [0.15, 0.2) is 48.7 Å². The summed E-state index contributed by atoms with van der Waals surface area (Å²) >= 11 is 0. The number of aryl methyl sites for hydroxylation is 1. The number of nitrogens with one attached hydrogen (secondary N) is 2. The fourth-order valence-electron chi connectivity index (χ4n) is 3.55. The highest BCUT2D eigenvalue weighted by Gasteiger charge is 2.32.